The van der Waals surface area contributed by atoms with Gasteiger partial charge in [0.25, 0.3) is 5.91 Å². The first kappa shape index (κ1) is 16.6. The molecule has 1 heterocycles. The number of hydrogen-bond acceptors (Lipinski definition) is 4. The molecule has 0 fully saturated rings. The van der Waals surface area contributed by atoms with Crippen LogP contribution in [0.2, 0.25) is 0 Å². The van der Waals surface area contributed by atoms with Crippen molar-refractivity contribution < 1.29 is 9.18 Å². The number of hydrogen-bond donors (Lipinski definition) is 2. The van der Waals surface area contributed by atoms with E-state index in [4.69, 9.17) is 0 Å². The van der Waals surface area contributed by atoms with Crippen molar-refractivity contribution in [2.75, 3.05) is 5.32 Å². The highest BCUT2D eigenvalue weighted by Crippen LogP contribution is 2.14. The summed E-state index contributed by atoms with van der Waals surface area (Å²) in [5, 5.41) is 5.85. The minimum absolute atomic E-state index is 0.120. The highest BCUT2D eigenvalue weighted by atomic mass is 19.1. The Bertz CT molecular complexity index is 836. The highest BCUT2D eigenvalue weighted by molar-refractivity contribution is 5.93. The second kappa shape index (κ2) is 7.53. The first-order chi connectivity index (χ1) is 12.1. The maximum Gasteiger partial charge on any atom is 0.254 e. The van der Waals surface area contributed by atoms with Gasteiger partial charge < -0.3 is 10.6 Å². The average molecular weight is 336 g/mol. The predicted octanol–water partition coefficient (Wildman–Crippen LogP) is 3.85. The second-order valence-electron chi connectivity index (χ2n) is 5.53. The topological polar surface area (TPSA) is 66.9 Å². The number of carbonyl (C=O) groups excluding carboxylic acids is 1. The molecule has 1 aromatic heterocycles. The van der Waals surface area contributed by atoms with Gasteiger partial charge in [0.1, 0.15) is 5.82 Å². The van der Waals surface area contributed by atoms with E-state index in [0.717, 1.165) is 5.56 Å². The number of halogens is 1. The van der Waals surface area contributed by atoms with Gasteiger partial charge in [0, 0.05) is 18.1 Å². The van der Waals surface area contributed by atoms with Gasteiger partial charge in [0.05, 0.1) is 11.6 Å². The lowest BCUT2D eigenvalue weighted by Gasteiger charge is -2.14. The van der Waals surface area contributed by atoms with Gasteiger partial charge >= 0.3 is 0 Å². The molecule has 25 heavy (non-hydrogen) atoms. The summed E-state index contributed by atoms with van der Waals surface area (Å²) < 4.78 is 12.9. The maximum atomic E-state index is 12.9. The van der Waals surface area contributed by atoms with Gasteiger partial charge in [-0.3, -0.25) is 4.79 Å². The predicted molar refractivity (Wildman–Crippen MR) is 94.0 cm³/mol. The van der Waals surface area contributed by atoms with Gasteiger partial charge in [-0.05, 0) is 36.8 Å². The average Bonchev–Trinajstić information content (AvgIpc) is 2.65. The molecule has 0 aliphatic carbocycles. The van der Waals surface area contributed by atoms with Crippen LogP contribution in [0.25, 0.3) is 0 Å². The van der Waals surface area contributed by atoms with Crippen LogP contribution in [0.15, 0.2) is 67.0 Å². The molecule has 0 bridgehead atoms. The molecule has 0 spiro atoms. The van der Waals surface area contributed by atoms with Crippen LogP contribution in [0.5, 0.6) is 0 Å². The number of benzene rings is 2. The van der Waals surface area contributed by atoms with Crippen molar-refractivity contribution in [3.63, 3.8) is 0 Å². The Morgan fingerprint density at radius 1 is 1.00 bits per heavy atom. The zero-order valence-corrected chi connectivity index (χ0v) is 13.6. The fourth-order valence-corrected chi connectivity index (χ4v) is 2.28. The first-order valence-electron chi connectivity index (χ1n) is 7.82. The van der Waals surface area contributed by atoms with E-state index in [1.807, 2.05) is 37.3 Å². The minimum atomic E-state index is -0.314. The number of carbonyl (C=O) groups is 1. The van der Waals surface area contributed by atoms with Crippen molar-refractivity contribution in [3.05, 3.63) is 83.9 Å². The lowest BCUT2D eigenvalue weighted by atomic mass is 10.1. The lowest BCUT2D eigenvalue weighted by molar-refractivity contribution is 0.0939. The second-order valence-corrected chi connectivity index (χ2v) is 5.53. The summed E-state index contributed by atoms with van der Waals surface area (Å²) in [5.41, 5.74) is 2.05. The van der Waals surface area contributed by atoms with Crippen molar-refractivity contribution in [2.24, 2.45) is 0 Å². The van der Waals surface area contributed by atoms with Crippen LogP contribution in [0, 0.1) is 5.82 Å². The molecule has 3 rings (SSSR count). The number of nitrogens with zero attached hydrogens (tertiary/aromatic N) is 2. The smallest absolute Gasteiger partial charge is 0.254 e. The quantitative estimate of drug-likeness (QED) is 0.743. The highest BCUT2D eigenvalue weighted by Gasteiger charge is 2.12. The van der Waals surface area contributed by atoms with Crippen molar-refractivity contribution in [1.82, 2.24) is 15.3 Å². The number of nitrogens with one attached hydrogen (secondary N) is 2. The van der Waals surface area contributed by atoms with Crippen molar-refractivity contribution in [3.8, 4) is 0 Å². The van der Waals surface area contributed by atoms with Gasteiger partial charge in [0.15, 0.2) is 0 Å². The van der Waals surface area contributed by atoms with E-state index in [9.17, 15) is 9.18 Å². The van der Waals surface area contributed by atoms with E-state index < -0.39 is 0 Å². The van der Waals surface area contributed by atoms with Gasteiger partial charge in [-0.15, -0.1) is 0 Å². The van der Waals surface area contributed by atoms with E-state index in [1.54, 1.807) is 12.1 Å². The SMILES string of the molecule is CC(NC(=O)c1cnc(Nc2ccc(F)cc2)nc1)c1ccccc1. The third-order valence-electron chi connectivity index (χ3n) is 3.66. The Morgan fingerprint density at radius 3 is 2.28 bits per heavy atom. The van der Waals surface area contributed by atoms with Crippen LogP contribution < -0.4 is 10.6 Å². The Kier molecular flexibility index (Phi) is 4.99. The summed E-state index contributed by atoms with van der Waals surface area (Å²) in [6.45, 7) is 1.92. The summed E-state index contributed by atoms with van der Waals surface area (Å²) in [5.74, 6) is -0.227. The molecule has 1 unspecified atom stereocenters. The zero-order chi connectivity index (χ0) is 17.6. The summed E-state index contributed by atoms with van der Waals surface area (Å²) >= 11 is 0. The monoisotopic (exact) mass is 336 g/mol. The van der Waals surface area contributed by atoms with Crippen LogP contribution in [-0.2, 0) is 0 Å². The first-order valence-corrected chi connectivity index (χ1v) is 7.82. The Labute approximate surface area is 145 Å². The molecular weight excluding hydrogens is 319 g/mol. The lowest BCUT2D eigenvalue weighted by Crippen LogP contribution is -2.26. The molecule has 0 saturated heterocycles. The van der Waals surface area contributed by atoms with Crippen LogP contribution in [-0.4, -0.2) is 15.9 Å². The van der Waals surface area contributed by atoms with Gasteiger partial charge in [-0.2, -0.15) is 0 Å². The van der Waals surface area contributed by atoms with Gasteiger partial charge in [0.2, 0.25) is 5.95 Å². The molecule has 5 nitrogen and oxygen atoms in total. The Balaban J connectivity index is 1.63. The number of rotatable bonds is 5. The van der Waals surface area contributed by atoms with E-state index >= 15 is 0 Å². The molecule has 3 aromatic rings. The summed E-state index contributed by atoms with van der Waals surface area (Å²) in [6, 6.07) is 15.4. The fraction of sp³-hybridized carbons (Fsp3) is 0.105. The third-order valence-corrected chi connectivity index (χ3v) is 3.66. The summed E-state index contributed by atoms with van der Waals surface area (Å²) in [6.07, 6.45) is 2.90. The maximum absolute atomic E-state index is 12.9. The number of amides is 1. The molecule has 0 aliphatic rings. The fourth-order valence-electron chi connectivity index (χ4n) is 2.28. The van der Waals surface area contributed by atoms with E-state index in [-0.39, 0.29) is 17.8 Å². The molecule has 0 saturated carbocycles. The van der Waals surface area contributed by atoms with Gasteiger partial charge in [-0.25, -0.2) is 14.4 Å². The molecule has 1 amide bonds. The summed E-state index contributed by atoms with van der Waals surface area (Å²) in [7, 11) is 0. The minimum Gasteiger partial charge on any atom is -0.345 e. The Morgan fingerprint density at radius 2 is 1.64 bits per heavy atom. The van der Waals surface area contributed by atoms with E-state index in [2.05, 4.69) is 20.6 Å². The van der Waals surface area contributed by atoms with Gasteiger partial charge in [-0.1, -0.05) is 30.3 Å². The largest absolute Gasteiger partial charge is 0.345 e. The van der Waals surface area contributed by atoms with Crippen molar-refractivity contribution >= 4 is 17.5 Å². The standard InChI is InChI=1S/C19H17FN4O/c1-13(14-5-3-2-4-6-14)23-18(25)15-11-21-19(22-12-15)24-17-9-7-16(20)8-10-17/h2-13H,1H3,(H,23,25)(H,21,22,24). The third kappa shape index (κ3) is 4.38. The molecular formula is C19H17FN4O. The molecule has 6 heteroatoms. The molecule has 2 aromatic carbocycles. The molecule has 0 radical (unpaired) electrons. The van der Waals surface area contributed by atoms with Crippen LogP contribution >= 0.6 is 0 Å². The normalized spacial score (nSPS) is 11.6. The van der Waals surface area contributed by atoms with Crippen LogP contribution in [0.4, 0.5) is 16.0 Å². The van der Waals surface area contributed by atoms with Crippen molar-refractivity contribution in [1.29, 1.82) is 0 Å². The van der Waals surface area contributed by atoms with E-state index in [1.165, 1.54) is 24.5 Å². The van der Waals surface area contributed by atoms with E-state index in [0.29, 0.717) is 17.2 Å². The van der Waals surface area contributed by atoms with Crippen LogP contribution in [0.1, 0.15) is 28.9 Å². The van der Waals surface area contributed by atoms with Crippen LogP contribution in [0.3, 0.4) is 0 Å². The zero-order valence-electron chi connectivity index (χ0n) is 13.6. The molecule has 1 atom stereocenters. The molecule has 0 aliphatic heterocycles. The number of aromatic nitrogens is 2. The van der Waals surface area contributed by atoms with Crippen molar-refractivity contribution in [2.45, 2.75) is 13.0 Å². The number of anilines is 2. The summed E-state index contributed by atoms with van der Waals surface area (Å²) in [4.78, 5) is 20.5. The Hall–Kier alpha value is -3.28. The molecule has 2 N–H and O–H groups in total. The molecule has 126 valence electrons.